The van der Waals surface area contributed by atoms with Crippen molar-refractivity contribution < 1.29 is 134 Å². The van der Waals surface area contributed by atoms with E-state index in [1.54, 1.807) is 0 Å². The zero-order valence-electron chi connectivity index (χ0n) is 44.0. The molecule has 490 valence electrons. The third-order valence-corrected chi connectivity index (χ3v) is 19.1. The van der Waals surface area contributed by atoms with Gasteiger partial charge in [-0.05, 0) is 72.8 Å². The van der Waals surface area contributed by atoms with E-state index in [1.807, 2.05) is 0 Å². The highest BCUT2D eigenvalue weighted by Gasteiger charge is 2.33. The van der Waals surface area contributed by atoms with Gasteiger partial charge < -0.3 is 26.2 Å². The highest BCUT2D eigenvalue weighted by Crippen LogP contribution is 2.51. The molecular formula is C42H28N12O31S8. The average molecular weight is 1450 g/mol. The highest BCUT2D eigenvalue weighted by atomic mass is 32.2. The lowest BCUT2D eigenvalue weighted by atomic mass is 10.0. The standard InChI is InChI=1S/C42H28N12O31S8/c43-32-24(14-25(87(65,66)67)21-13-30(92(80,81)82)35(39(56)31(21)32)50-45-22-7-3-17(54(60)61)11-26(22)88(68,69)70)47-46-23-8-6-19-20(40(23)93(83,84)85)12-29(91(77,78)79)34(38(19)55)49-44-15-9-27(89(71,72)73)33(28(10-15)90(74,75)76)48-51-36-37(42(58)59)52-53(41(36)57)16-1-4-18(5-2-16)86(62,63)64/h1-14,55-57H,43H2,(H,58,59)(H,62,63,64)(H,65,66,67)(H,68,69,70)(H,71,72,73)(H,74,75,76)(H,77,78,79)(H,80,81,82)(H,83,84,85). The van der Waals surface area contributed by atoms with E-state index < -0.39 is 232 Å². The van der Waals surface area contributed by atoms with E-state index >= 15 is 0 Å². The molecule has 0 aliphatic carbocycles. The average Bonchev–Trinajstić information content (AvgIpc) is 1.33. The van der Waals surface area contributed by atoms with Gasteiger partial charge in [-0.2, -0.15) is 82.2 Å². The molecule has 0 aliphatic heterocycles. The van der Waals surface area contributed by atoms with Gasteiger partial charge in [0.15, 0.2) is 17.2 Å². The molecule has 0 saturated heterocycles. The van der Waals surface area contributed by atoms with Crippen molar-refractivity contribution in [1.82, 2.24) is 9.78 Å². The predicted molar refractivity (Wildman–Crippen MR) is 303 cm³/mol. The summed E-state index contributed by atoms with van der Waals surface area (Å²) in [6, 6.07) is 6.74. The number of hydrogen-bond donors (Lipinski definition) is 13. The first-order valence-electron chi connectivity index (χ1n) is 23.1. The van der Waals surface area contributed by atoms with Crippen LogP contribution < -0.4 is 5.73 Å². The molecule has 8 rings (SSSR count). The second kappa shape index (κ2) is 23.6. The van der Waals surface area contributed by atoms with Crippen LogP contribution in [0.5, 0.6) is 17.4 Å². The van der Waals surface area contributed by atoms with Crippen LogP contribution in [-0.4, -0.2) is 145 Å². The predicted octanol–water partition coefficient (Wildman–Crippen LogP) is 6.12. The van der Waals surface area contributed by atoms with Gasteiger partial charge in [0.25, 0.3) is 86.6 Å². The molecule has 0 saturated carbocycles. The summed E-state index contributed by atoms with van der Waals surface area (Å²) in [6.45, 7) is 0. The Morgan fingerprint density at radius 1 is 0.452 bits per heavy atom. The van der Waals surface area contributed by atoms with Crippen LogP contribution in [-0.2, 0) is 80.9 Å². The molecule has 1 aromatic heterocycles. The second-order valence-electron chi connectivity index (χ2n) is 17.9. The maximum Gasteiger partial charge on any atom is 0.358 e. The number of carboxylic acids is 1. The lowest BCUT2D eigenvalue weighted by Gasteiger charge is -2.15. The summed E-state index contributed by atoms with van der Waals surface area (Å²) in [7, 11) is -45.3. The minimum absolute atomic E-state index is 0.131. The summed E-state index contributed by atoms with van der Waals surface area (Å²) in [5.74, 6) is -6.50. The van der Waals surface area contributed by atoms with Gasteiger partial charge in [0.1, 0.15) is 68.4 Å². The van der Waals surface area contributed by atoms with Crippen molar-refractivity contribution in [2.24, 2.45) is 40.9 Å². The van der Waals surface area contributed by atoms with E-state index in [4.69, 9.17) is 5.73 Å². The molecule has 0 aliphatic rings. The highest BCUT2D eigenvalue weighted by molar-refractivity contribution is 7.88. The van der Waals surface area contributed by atoms with Crippen LogP contribution in [0.3, 0.4) is 0 Å². The SMILES string of the molecule is Nc1c(N=Nc2ccc3c(O)c(N=Nc4cc(S(=O)(=O)O)c(N=Nc5c(C(=O)O)nn(-c6ccc(S(=O)(=O)O)cc6)c5O)c(S(=O)(=O)O)c4)c(S(=O)(=O)O)cc3c2S(=O)(=O)O)cc(S(=O)(=O)O)c2cc(S(=O)(=O)O)c(N=Nc3ccc([N+](=O)[O-])cc3S(=O)(=O)O)c(O)c12. The second-order valence-corrected chi connectivity index (χ2v) is 29.0. The maximum absolute atomic E-state index is 13.2. The fourth-order valence-corrected chi connectivity index (χ4v) is 13.5. The molecular weight excluding hydrogens is 1430 g/mol. The van der Waals surface area contributed by atoms with E-state index in [9.17, 15) is 139 Å². The fraction of sp³-hybridized carbons (Fsp3) is 0. The molecule has 14 N–H and O–H groups in total. The molecule has 0 amide bonds. The molecule has 0 radical (unpaired) electrons. The Hall–Kier alpha value is -9.98. The molecule has 1 heterocycles. The quantitative estimate of drug-likeness (QED) is 0.0142. The number of nitro benzene ring substituents is 1. The van der Waals surface area contributed by atoms with Crippen molar-refractivity contribution in [2.75, 3.05) is 5.73 Å². The molecule has 0 unspecified atom stereocenters. The van der Waals surface area contributed by atoms with Crippen LogP contribution in [0.25, 0.3) is 27.2 Å². The monoisotopic (exact) mass is 1450 g/mol. The number of nitrogens with two attached hydrogens (primary N) is 1. The Balaban J connectivity index is 1.28. The smallest absolute Gasteiger partial charge is 0.358 e. The number of fused-ring (bicyclic) bond motifs is 2. The first-order chi connectivity index (χ1) is 42.5. The van der Waals surface area contributed by atoms with E-state index in [0.29, 0.717) is 28.9 Å². The number of carbonyl (C=O) groups is 1. The molecule has 0 bridgehead atoms. The van der Waals surface area contributed by atoms with Gasteiger partial charge in [0.05, 0.1) is 32.3 Å². The molecule has 8 aromatic rings. The number of azo groups is 4. The van der Waals surface area contributed by atoms with Gasteiger partial charge in [0.2, 0.25) is 11.6 Å². The third kappa shape index (κ3) is 14.0. The van der Waals surface area contributed by atoms with Gasteiger partial charge >= 0.3 is 5.97 Å². The summed E-state index contributed by atoms with van der Waals surface area (Å²) in [6.07, 6.45) is 0. The van der Waals surface area contributed by atoms with Crippen LogP contribution in [0.15, 0.2) is 165 Å². The Morgan fingerprint density at radius 2 is 0.903 bits per heavy atom. The Labute approximate surface area is 515 Å². The first-order valence-corrected chi connectivity index (χ1v) is 34.6. The van der Waals surface area contributed by atoms with Crippen molar-refractivity contribution in [3.05, 3.63) is 101 Å². The number of carboxylic acid groups (broad SMARTS) is 1. The summed E-state index contributed by atoms with van der Waals surface area (Å²) in [5, 5.41) is 81.5. The Morgan fingerprint density at radius 3 is 1.40 bits per heavy atom. The number of benzene rings is 7. The number of aromatic hydroxyl groups is 3. The van der Waals surface area contributed by atoms with Crippen molar-refractivity contribution in [1.29, 1.82) is 0 Å². The summed E-state index contributed by atoms with van der Waals surface area (Å²) < 4.78 is 283. The molecule has 0 atom stereocenters. The van der Waals surface area contributed by atoms with Crippen LogP contribution in [0.4, 0.5) is 56.9 Å². The molecule has 7 aromatic carbocycles. The topological polar surface area (TPSA) is 719 Å². The van der Waals surface area contributed by atoms with Gasteiger partial charge in [-0.1, -0.05) is 0 Å². The van der Waals surface area contributed by atoms with Crippen molar-refractivity contribution in [3.8, 4) is 23.1 Å². The number of non-ortho nitro benzene ring substituents is 1. The van der Waals surface area contributed by atoms with Crippen molar-refractivity contribution in [2.45, 2.75) is 39.2 Å². The Kier molecular flexibility index (Phi) is 17.5. The number of aromatic carboxylic acids is 1. The number of hydrogen-bond acceptors (Lipinski definition) is 32. The normalized spacial score (nSPS) is 13.4. The van der Waals surface area contributed by atoms with Gasteiger partial charge in [-0.15, -0.1) is 35.8 Å². The number of nitro groups is 1. The van der Waals surface area contributed by atoms with Crippen LogP contribution >= 0.6 is 0 Å². The van der Waals surface area contributed by atoms with E-state index in [2.05, 4.69) is 46.0 Å². The van der Waals surface area contributed by atoms with Crippen molar-refractivity contribution in [3.63, 3.8) is 0 Å². The van der Waals surface area contributed by atoms with Crippen LogP contribution in [0, 0.1) is 10.1 Å². The summed E-state index contributed by atoms with van der Waals surface area (Å²) >= 11 is 0. The lowest BCUT2D eigenvalue weighted by Crippen LogP contribution is -2.05. The zero-order chi connectivity index (χ0) is 69.6. The van der Waals surface area contributed by atoms with Crippen LogP contribution in [0.1, 0.15) is 10.5 Å². The fourth-order valence-electron chi connectivity index (χ4n) is 8.14. The zero-order valence-corrected chi connectivity index (χ0v) is 50.5. The number of anilines is 1. The van der Waals surface area contributed by atoms with Gasteiger partial charge in [0, 0.05) is 28.3 Å². The van der Waals surface area contributed by atoms with Gasteiger partial charge in [-0.25, -0.2) is 4.79 Å². The van der Waals surface area contributed by atoms with E-state index in [-0.39, 0.29) is 42.1 Å². The number of phenolic OH excluding ortho intramolecular Hbond substituents is 2. The maximum atomic E-state index is 13.2. The summed E-state index contributed by atoms with van der Waals surface area (Å²) in [4.78, 5) is 10.5. The van der Waals surface area contributed by atoms with Crippen LogP contribution in [0.2, 0.25) is 0 Å². The minimum atomic E-state index is -5.92. The molecule has 43 nitrogen and oxygen atoms in total. The molecule has 0 fully saturated rings. The Bertz CT molecular complexity index is 5730. The van der Waals surface area contributed by atoms with E-state index in [1.165, 1.54) is 0 Å². The number of phenols is 2. The van der Waals surface area contributed by atoms with E-state index in [0.717, 1.165) is 24.3 Å². The first kappa shape index (κ1) is 68.9. The molecule has 93 heavy (non-hydrogen) atoms. The summed E-state index contributed by atoms with van der Waals surface area (Å²) in [5.41, 5.74) is -7.62. The molecule has 0 spiro atoms. The lowest BCUT2D eigenvalue weighted by molar-refractivity contribution is -0.385. The molecule has 51 heteroatoms. The number of nitrogen functional groups attached to an aromatic ring is 1. The number of rotatable bonds is 19. The minimum Gasteiger partial charge on any atom is -0.505 e. The third-order valence-electron chi connectivity index (χ3n) is 12.0. The van der Waals surface area contributed by atoms with Gasteiger partial charge in [-0.3, -0.25) is 46.5 Å². The number of aromatic nitrogens is 2. The number of nitrogens with zero attached hydrogens (tertiary/aromatic N) is 11. The largest absolute Gasteiger partial charge is 0.505 e. The van der Waals surface area contributed by atoms with Crippen molar-refractivity contribution >= 4 is 165 Å².